The van der Waals surface area contributed by atoms with Crippen LogP contribution >= 0.6 is 0 Å². The minimum atomic E-state index is -3.92. The standard InChI is InChI=1S/C20H18F2N4O3S/c21-16-2-1-15(19(22)11-16)13-25-30(28,29)18-5-3-17(4-6-18)26-20(27)24-12-14-7-9-23-10-8-14/h1-11,25H,12-13H2,(H2,24,26,27). The number of benzene rings is 2. The van der Waals surface area contributed by atoms with Gasteiger partial charge in [-0.05, 0) is 48.0 Å². The van der Waals surface area contributed by atoms with Gasteiger partial charge in [-0.1, -0.05) is 6.07 Å². The molecule has 0 saturated carbocycles. The Hall–Kier alpha value is -3.37. The summed E-state index contributed by atoms with van der Waals surface area (Å²) in [6.45, 7) is -0.0173. The molecule has 0 bridgehead atoms. The Balaban J connectivity index is 1.56. The molecule has 2 amide bonds. The van der Waals surface area contributed by atoms with Crippen LogP contribution in [0.5, 0.6) is 0 Å². The average molecular weight is 432 g/mol. The van der Waals surface area contributed by atoms with Gasteiger partial charge in [0.2, 0.25) is 10.0 Å². The lowest BCUT2D eigenvalue weighted by molar-refractivity contribution is 0.251. The van der Waals surface area contributed by atoms with E-state index in [2.05, 4.69) is 20.3 Å². The molecule has 10 heteroatoms. The van der Waals surface area contributed by atoms with Gasteiger partial charge in [0.05, 0.1) is 4.90 Å². The third-order valence-corrected chi connectivity index (χ3v) is 5.51. The third-order valence-electron chi connectivity index (χ3n) is 4.09. The number of hydrogen-bond acceptors (Lipinski definition) is 4. The number of hydrogen-bond donors (Lipinski definition) is 3. The molecule has 7 nitrogen and oxygen atoms in total. The quantitative estimate of drug-likeness (QED) is 0.534. The normalized spacial score (nSPS) is 11.1. The van der Waals surface area contributed by atoms with Crippen LogP contribution in [0.1, 0.15) is 11.1 Å². The zero-order chi connectivity index (χ0) is 21.6. The van der Waals surface area contributed by atoms with E-state index in [0.29, 0.717) is 18.3 Å². The van der Waals surface area contributed by atoms with Gasteiger partial charge in [0.25, 0.3) is 0 Å². The number of sulfonamides is 1. The minimum absolute atomic E-state index is 0.0177. The first-order valence-corrected chi connectivity index (χ1v) is 10.3. The van der Waals surface area contributed by atoms with Crippen molar-refractivity contribution in [3.63, 3.8) is 0 Å². The van der Waals surface area contributed by atoms with Crippen LogP contribution in [0.2, 0.25) is 0 Å². The van der Waals surface area contributed by atoms with E-state index in [4.69, 9.17) is 0 Å². The number of nitrogens with one attached hydrogen (secondary N) is 3. The van der Waals surface area contributed by atoms with Crippen molar-refractivity contribution in [3.8, 4) is 0 Å². The van der Waals surface area contributed by atoms with Crippen molar-refractivity contribution in [2.24, 2.45) is 0 Å². The molecule has 2 aromatic carbocycles. The van der Waals surface area contributed by atoms with E-state index >= 15 is 0 Å². The summed E-state index contributed by atoms with van der Waals surface area (Å²) < 4.78 is 53.6. The van der Waals surface area contributed by atoms with Crippen LogP contribution in [-0.2, 0) is 23.1 Å². The van der Waals surface area contributed by atoms with Gasteiger partial charge in [-0.2, -0.15) is 0 Å². The summed E-state index contributed by atoms with van der Waals surface area (Å²) in [6, 6.07) is 11.5. The van der Waals surface area contributed by atoms with Gasteiger partial charge in [-0.3, -0.25) is 4.98 Å². The van der Waals surface area contributed by atoms with Crippen molar-refractivity contribution >= 4 is 21.7 Å². The first-order valence-electron chi connectivity index (χ1n) is 8.81. The van der Waals surface area contributed by atoms with E-state index in [9.17, 15) is 22.0 Å². The summed E-state index contributed by atoms with van der Waals surface area (Å²) in [7, 11) is -3.92. The van der Waals surface area contributed by atoms with Gasteiger partial charge >= 0.3 is 6.03 Å². The predicted octanol–water partition coefficient (Wildman–Crippen LogP) is 3.16. The Kier molecular flexibility index (Phi) is 6.70. The fourth-order valence-corrected chi connectivity index (χ4v) is 3.50. The summed E-state index contributed by atoms with van der Waals surface area (Å²) in [6.07, 6.45) is 3.24. The summed E-state index contributed by atoms with van der Waals surface area (Å²) in [5.74, 6) is -1.58. The van der Waals surface area contributed by atoms with Gasteiger partial charge in [0, 0.05) is 42.8 Å². The van der Waals surface area contributed by atoms with Gasteiger partial charge < -0.3 is 10.6 Å². The molecule has 3 N–H and O–H groups in total. The highest BCUT2D eigenvalue weighted by molar-refractivity contribution is 7.89. The largest absolute Gasteiger partial charge is 0.334 e. The number of anilines is 1. The van der Waals surface area contributed by atoms with Crippen LogP contribution in [0.15, 0.2) is 71.9 Å². The van der Waals surface area contributed by atoms with Crippen LogP contribution in [0.3, 0.4) is 0 Å². The first-order chi connectivity index (χ1) is 14.3. The van der Waals surface area contributed by atoms with E-state index in [-0.39, 0.29) is 17.0 Å². The number of rotatable bonds is 7. The highest BCUT2D eigenvalue weighted by Crippen LogP contribution is 2.15. The number of halogens is 2. The summed E-state index contributed by atoms with van der Waals surface area (Å²) in [5.41, 5.74) is 1.29. The highest BCUT2D eigenvalue weighted by atomic mass is 32.2. The maximum absolute atomic E-state index is 13.6. The molecule has 0 radical (unpaired) electrons. The second-order valence-electron chi connectivity index (χ2n) is 6.25. The summed E-state index contributed by atoms with van der Waals surface area (Å²) >= 11 is 0. The Labute approximate surface area is 172 Å². The third kappa shape index (κ3) is 5.82. The Bertz CT molecular complexity index is 1120. The predicted molar refractivity (Wildman–Crippen MR) is 107 cm³/mol. The smallest absolute Gasteiger partial charge is 0.319 e. The number of nitrogens with zero attached hydrogens (tertiary/aromatic N) is 1. The SMILES string of the molecule is O=C(NCc1ccncc1)Nc1ccc(S(=O)(=O)NCc2ccc(F)cc2F)cc1. The fourth-order valence-electron chi connectivity index (χ4n) is 2.50. The molecule has 0 aliphatic rings. The second kappa shape index (κ2) is 9.42. The Morgan fingerprint density at radius 3 is 2.30 bits per heavy atom. The number of carbonyl (C=O) groups is 1. The lowest BCUT2D eigenvalue weighted by Gasteiger charge is -2.10. The van der Waals surface area contributed by atoms with Gasteiger partial charge in [-0.15, -0.1) is 0 Å². The molecule has 1 heterocycles. The van der Waals surface area contributed by atoms with Crippen molar-refractivity contribution in [3.05, 3.63) is 89.8 Å². The van der Waals surface area contributed by atoms with E-state index in [0.717, 1.165) is 11.6 Å². The first kappa shape index (κ1) is 21.3. The maximum atomic E-state index is 13.6. The van der Waals surface area contributed by atoms with Crippen LogP contribution in [-0.4, -0.2) is 19.4 Å². The van der Waals surface area contributed by atoms with Crippen LogP contribution < -0.4 is 15.4 Å². The lowest BCUT2D eigenvalue weighted by atomic mass is 10.2. The number of carbonyl (C=O) groups excluding carboxylic acids is 1. The molecule has 0 fully saturated rings. The molecule has 3 aromatic rings. The lowest BCUT2D eigenvalue weighted by Crippen LogP contribution is -2.28. The number of urea groups is 1. The van der Waals surface area contributed by atoms with Gasteiger partial charge in [0.1, 0.15) is 11.6 Å². The molecule has 0 spiro atoms. The van der Waals surface area contributed by atoms with Crippen molar-refractivity contribution in [1.29, 1.82) is 0 Å². The van der Waals surface area contributed by atoms with Crippen molar-refractivity contribution in [2.75, 3.05) is 5.32 Å². The molecule has 156 valence electrons. The minimum Gasteiger partial charge on any atom is -0.334 e. The number of aromatic nitrogens is 1. The second-order valence-corrected chi connectivity index (χ2v) is 8.01. The molecule has 3 rings (SSSR count). The molecular weight excluding hydrogens is 414 g/mol. The zero-order valence-corrected chi connectivity index (χ0v) is 16.4. The molecular formula is C20H18F2N4O3S. The van der Waals surface area contributed by atoms with E-state index in [1.54, 1.807) is 24.5 Å². The fraction of sp³-hybridized carbons (Fsp3) is 0.100. The van der Waals surface area contributed by atoms with E-state index in [1.807, 2.05) is 0 Å². The monoisotopic (exact) mass is 432 g/mol. The van der Waals surface area contributed by atoms with E-state index in [1.165, 1.54) is 30.3 Å². The Morgan fingerprint density at radius 2 is 1.63 bits per heavy atom. The van der Waals surface area contributed by atoms with Gasteiger partial charge in [0.15, 0.2) is 0 Å². The van der Waals surface area contributed by atoms with Crippen molar-refractivity contribution < 1.29 is 22.0 Å². The molecule has 0 saturated heterocycles. The summed E-state index contributed by atoms with van der Waals surface area (Å²) in [5, 5.41) is 5.26. The number of amides is 2. The maximum Gasteiger partial charge on any atom is 0.319 e. The Morgan fingerprint density at radius 1 is 0.933 bits per heavy atom. The molecule has 30 heavy (non-hydrogen) atoms. The molecule has 0 atom stereocenters. The molecule has 1 aromatic heterocycles. The molecule has 0 aliphatic carbocycles. The van der Waals surface area contributed by atoms with E-state index < -0.39 is 27.7 Å². The highest BCUT2D eigenvalue weighted by Gasteiger charge is 2.15. The topological polar surface area (TPSA) is 100 Å². The van der Waals surface area contributed by atoms with Crippen LogP contribution in [0, 0.1) is 11.6 Å². The molecule has 0 aliphatic heterocycles. The average Bonchev–Trinajstić information content (AvgIpc) is 2.73. The summed E-state index contributed by atoms with van der Waals surface area (Å²) in [4.78, 5) is 15.8. The van der Waals surface area contributed by atoms with Crippen LogP contribution in [0.25, 0.3) is 0 Å². The molecule has 0 unspecified atom stereocenters. The number of pyridine rings is 1. The zero-order valence-electron chi connectivity index (χ0n) is 15.6. The van der Waals surface area contributed by atoms with Crippen LogP contribution in [0.4, 0.5) is 19.3 Å². The van der Waals surface area contributed by atoms with Crippen molar-refractivity contribution in [2.45, 2.75) is 18.0 Å². The van der Waals surface area contributed by atoms with Gasteiger partial charge in [-0.25, -0.2) is 26.7 Å². The van der Waals surface area contributed by atoms with Crippen molar-refractivity contribution in [1.82, 2.24) is 15.0 Å².